The van der Waals surface area contributed by atoms with Crippen LogP contribution < -0.4 is 0 Å². The Kier molecular flexibility index (Phi) is 3.60. The third-order valence-electron chi connectivity index (χ3n) is 3.96. The molecule has 0 saturated carbocycles. The van der Waals surface area contributed by atoms with E-state index in [1.165, 1.54) is 19.3 Å². The molecule has 1 aliphatic carbocycles. The Labute approximate surface area is 104 Å². The van der Waals surface area contributed by atoms with Gasteiger partial charge >= 0.3 is 0 Å². The summed E-state index contributed by atoms with van der Waals surface area (Å²) in [6, 6.07) is 2.02. The highest BCUT2D eigenvalue weighted by Crippen LogP contribution is 2.42. The summed E-state index contributed by atoms with van der Waals surface area (Å²) in [6.45, 7) is 7.06. The fraction of sp³-hybridized carbons (Fsp3) is 0.600. The van der Waals surface area contributed by atoms with E-state index in [-0.39, 0.29) is 0 Å². The van der Waals surface area contributed by atoms with Crippen LogP contribution in [0.15, 0.2) is 29.7 Å². The third kappa shape index (κ3) is 2.93. The van der Waals surface area contributed by atoms with E-state index in [4.69, 9.17) is 0 Å². The molecule has 1 heterocycles. The van der Waals surface area contributed by atoms with Crippen molar-refractivity contribution in [2.75, 3.05) is 0 Å². The number of nitrogens with zero attached hydrogens (tertiary/aromatic N) is 2. The Morgan fingerprint density at radius 3 is 2.76 bits per heavy atom. The maximum absolute atomic E-state index is 4.30. The average molecular weight is 230 g/mol. The molecule has 1 aromatic rings. The first-order valence-corrected chi connectivity index (χ1v) is 6.53. The lowest BCUT2D eigenvalue weighted by Crippen LogP contribution is -2.20. The van der Waals surface area contributed by atoms with Crippen molar-refractivity contribution in [2.24, 2.45) is 5.41 Å². The highest BCUT2D eigenvalue weighted by molar-refractivity contribution is 5.23. The van der Waals surface area contributed by atoms with Gasteiger partial charge in [0.15, 0.2) is 0 Å². The maximum atomic E-state index is 4.30. The van der Waals surface area contributed by atoms with Gasteiger partial charge in [-0.1, -0.05) is 25.0 Å². The Morgan fingerprint density at radius 1 is 1.29 bits per heavy atom. The summed E-state index contributed by atoms with van der Waals surface area (Å²) in [4.78, 5) is 8.26. The van der Waals surface area contributed by atoms with Crippen LogP contribution in [0, 0.1) is 5.41 Å². The van der Waals surface area contributed by atoms with E-state index < -0.39 is 0 Å². The van der Waals surface area contributed by atoms with Crippen molar-refractivity contribution in [2.45, 2.75) is 52.9 Å². The predicted molar refractivity (Wildman–Crippen MR) is 70.7 cm³/mol. The molecule has 0 amide bonds. The highest BCUT2D eigenvalue weighted by atomic mass is 14.8. The van der Waals surface area contributed by atoms with E-state index in [0.29, 0.717) is 5.41 Å². The SMILES string of the molecule is CC1=C(CCc2ccncn2)C(C)(C)CCC1. The van der Waals surface area contributed by atoms with Crippen LogP contribution in [0.2, 0.25) is 0 Å². The molecule has 0 N–H and O–H groups in total. The lowest BCUT2D eigenvalue weighted by molar-refractivity contribution is 0.354. The topological polar surface area (TPSA) is 25.8 Å². The minimum absolute atomic E-state index is 0.384. The summed E-state index contributed by atoms with van der Waals surface area (Å²) < 4.78 is 0. The second-order valence-electron chi connectivity index (χ2n) is 5.70. The summed E-state index contributed by atoms with van der Waals surface area (Å²) in [5, 5.41) is 0. The van der Waals surface area contributed by atoms with Gasteiger partial charge in [-0.2, -0.15) is 0 Å². The van der Waals surface area contributed by atoms with Crippen molar-refractivity contribution in [3.05, 3.63) is 35.4 Å². The van der Waals surface area contributed by atoms with Gasteiger partial charge in [0, 0.05) is 11.9 Å². The van der Waals surface area contributed by atoms with Crippen molar-refractivity contribution in [3.63, 3.8) is 0 Å². The van der Waals surface area contributed by atoms with Crippen LogP contribution >= 0.6 is 0 Å². The molecular weight excluding hydrogens is 208 g/mol. The molecule has 1 aromatic heterocycles. The molecule has 0 aliphatic heterocycles. The first kappa shape index (κ1) is 12.3. The maximum Gasteiger partial charge on any atom is 0.115 e. The molecule has 92 valence electrons. The van der Waals surface area contributed by atoms with E-state index in [1.54, 1.807) is 17.5 Å². The quantitative estimate of drug-likeness (QED) is 0.735. The van der Waals surface area contributed by atoms with Crippen LogP contribution in [0.5, 0.6) is 0 Å². The van der Waals surface area contributed by atoms with Crippen LogP contribution in [0.1, 0.15) is 52.1 Å². The lowest BCUT2D eigenvalue weighted by atomic mass is 9.71. The summed E-state index contributed by atoms with van der Waals surface area (Å²) >= 11 is 0. The molecule has 17 heavy (non-hydrogen) atoms. The zero-order chi connectivity index (χ0) is 12.3. The van der Waals surface area contributed by atoms with Crippen molar-refractivity contribution in [1.29, 1.82) is 0 Å². The Bertz CT molecular complexity index is 404. The molecule has 0 aromatic carbocycles. The second kappa shape index (κ2) is 4.99. The Balaban J connectivity index is 2.07. The summed E-state index contributed by atoms with van der Waals surface area (Å²) in [5.41, 5.74) is 4.80. The summed E-state index contributed by atoms with van der Waals surface area (Å²) in [5.74, 6) is 0. The van der Waals surface area contributed by atoms with E-state index in [1.807, 2.05) is 12.3 Å². The van der Waals surface area contributed by atoms with Gasteiger partial charge in [0.2, 0.25) is 0 Å². The molecule has 0 saturated heterocycles. The fourth-order valence-electron chi connectivity index (χ4n) is 2.95. The molecular formula is C15H22N2. The molecule has 2 rings (SSSR count). The van der Waals surface area contributed by atoms with E-state index in [0.717, 1.165) is 18.5 Å². The molecule has 0 spiro atoms. The van der Waals surface area contributed by atoms with Crippen LogP contribution in [0.25, 0.3) is 0 Å². The van der Waals surface area contributed by atoms with E-state index in [9.17, 15) is 0 Å². The average Bonchev–Trinajstić information content (AvgIpc) is 2.29. The van der Waals surface area contributed by atoms with Gasteiger partial charge in [0.05, 0.1) is 0 Å². The van der Waals surface area contributed by atoms with Gasteiger partial charge in [0.1, 0.15) is 6.33 Å². The Hall–Kier alpha value is -1.18. The highest BCUT2D eigenvalue weighted by Gasteiger charge is 2.27. The number of hydrogen-bond donors (Lipinski definition) is 0. The molecule has 0 bridgehead atoms. The molecule has 1 aliphatic rings. The Morgan fingerprint density at radius 2 is 2.12 bits per heavy atom. The van der Waals surface area contributed by atoms with Gasteiger partial charge in [0.25, 0.3) is 0 Å². The van der Waals surface area contributed by atoms with Crippen molar-refractivity contribution < 1.29 is 0 Å². The molecule has 0 atom stereocenters. The molecule has 0 fully saturated rings. The zero-order valence-corrected chi connectivity index (χ0v) is 11.2. The lowest BCUT2D eigenvalue weighted by Gasteiger charge is -2.34. The fourth-order valence-corrected chi connectivity index (χ4v) is 2.95. The van der Waals surface area contributed by atoms with Gasteiger partial charge in [-0.15, -0.1) is 0 Å². The number of aromatic nitrogens is 2. The molecule has 2 heteroatoms. The number of aryl methyl sites for hydroxylation is 1. The summed E-state index contributed by atoms with van der Waals surface area (Å²) in [6.07, 6.45) is 9.61. The van der Waals surface area contributed by atoms with Crippen LogP contribution in [-0.4, -0.2) is 9.97 Å². The van der Waals surface area contributed by atoms with Gasteiger partial charge < -0.3 is 0 Å². The van der Waals surface area contributed by atoms with E-state index >= 15 is 0 Å². The minimum Gasteiger partial charge on any atom is -0.245 e. The number of allylic oxidation sites excluding steroid dienone is 2. The molecule has 0 unspecified atom stereocenters. The van der Waals surface area contributed by atoms with Gasteiger partial charge in [-0.05, 0) is 50.5 Å². The van der Waals surface area contributed by atoms with Crippen LogP contribution in [-0.2, 0) is 6.42 Å². The third-order valence-corrected chi connectivity index (χ3v) is 3.96. The monoisotopic (exact) mass is 230 g/mol. The minimum atomic E-state index is 0.384. The van der Waals surface area contributed by atoms with Crippen LogP contribution in [0.4, 0.5) is 0 Å². The largest absolute Gasteiger partial charge is 0.245 e. The predicted octanol–water partition coefficient (Wildman–Crippen LogP) is 3.94. The zero-order valence-electron chi connectivity index (χ0n) is 11.2. The van der Waals surface area contributed by atoms with Crippen molar-refractivity contribution >= 4 is 0 Å². The van der Waals surface area contributed by atoms with Gasteiger partial charge in [-0.3, -0.25) is 0 Å². The van der Waals surface area contributed by atoms with Crippen molar-refractivity contribution in [1.82, 2.24) is 9.97 Å². The smallest absolute Gasteiger partial charge is 0.115 e. The second-order valence-corrected chi connectivity index (χ2v) is 5.70. The van der Waals surface area contributed by atoms with Gasteiger partial charge in [-0.25, -0.2) is 9.97 Å². The standard InChI is InChI=1S/C15H22N2/c1-12-5-4-9-15(2,3)14(12)7-6-13-8-10-16-11-17-13/h8,10-11H,4-7,9H2,1-3H3. The molecule has 2 nitrogen and oxygen atoms in total. The van der Waals surface area contributed by atoms with E-state index in [2.05, 4.69) is 30.7 Å². The van der Waals surface area contributed by atoms with Crippen LogP contribution in [0.3, 0.4) is 0 Å². The number of hydrogen-bond acceptors (Lipinski definition) is 2. The van der Waals surface area contributed by atoms with Crippen molar-refractivity contribution in [3.8, 4) is 0 Å². The normalized spacial score (nSPS) is 19.5. The number of rotatable bonds is 3. The first-order chi connectivity index (χ1) is 8.09. The first-order valence-electron chi connectivity index (χ1n) is 6.53. The molecule has 0 radical (unpaired) electrons. The summed E-state index contributed by atoms with van der Waals surface area (Å²) in [7, 11) is 0.